The first-order chi connectivity index (χ1) is 7.85. The summed E-state index contributed by atoms with van der Waals surface area (Å²) in [5, 5.41) is 0. The van der Waals surface area contributed by atoms with E-state index in [1.54, 1.807) is 6.07 Å². The number of oxazole rings is 1. The topological polar surface area (TPSA) is 75.3 Å². The maximum atomic E-state index is 11.0. The standard InChI is InChI=1S/C12H17N3O2/c1-12(2,13)7-15(3)8-4-5-10-9(6-8)14-11(16)17-10/h4-6H,7,13H2,1-3H3,(H,14,16). The van der Waals surface area contributed by atoms with E-state index in [2.05, 4.69) is 4.98 Å². The number of H-pyrrole nitrogens is 1. The van der Waals surface area contributed by atoms with Gasteiger partial charge in [-0.1, -0.05) is 0 Å². The Morgan fingerprint density at radius 2 is 2.18 bits per heavy atom. The number of rotatable bonds is 3. The van der Waals surface area contributed by atoms with E-state index < -0.39 is 5.76 Å². The largest absolute Gasteiger partial charge is 0.417 e. The monoisotopic (exact) mass is 235 g/mol. The van der Waals surface area contributed by atoms with Gasteiger partial charge in [-0.2, -0.15) is 0 Å². The number of fused-ring (bicyclic) bond motifs is 1. The molecule has 0 fully saturated rings. The van der Waals surface area contributed by atoms with E-state index in [1.807, 2.05) is 37.9 Å². The highest BCUT2D eigenvalue weighted by molar-refractivity contribution is 5.77. The minimum Gasteiger partial charge on any atom is -0.408 e. The molecular weight excluding hydrogens is 218 g/mol. The van der Waals surface area contributed by atoms with Gasteiger partial charge >= 0.3 is 5.76 Å². The van der Waals surface area contributed by atoms with Crippen LogP contribution >= 0.6 is 0 Å². The van der Waals surface area contributed by atoms with E-state index in [9.17, 15) is 4.79 Å². The number of hydrogen-bond acceptors (Lipinski definition) is 4. The van der Waals surface area contributed by atoms with Gasteiger partial charge < -0.3 is 15.1 Å². The van der Waals surface area contributed by atoms with Crippen LogP contribution in [0, 0.1) is 0 Å². The molecule has 1 aromatic carbocycles. The number of nitrogens with one attached hydrogen (secondary N) is 1. The SMILES string of the molecule is CN(CC(C)(C)N)c1ccc2oc(=O)[nH]c2c1. The summed E-state index contributed by atoms with van der Waals surface area (Å²) in [4.78, 5) is 15.7. The van der Waals surface area contributed by atoms with Gasteiger partial charge in [0.05, 0.1) is 5.52 Å². The van der Waals surface area contributed by atoms with Crippen molar-refractivity contribution >= 4 is 16.8 Å². The summed E-state index contributed by atoms with van der Waals surface area (Å²) < 4.78 is 4.95. The lowest BCUT2D eigenvalue weighted by atomic mass is 10.1. The molecule has 5 heteroatoms. The van der Waals surface area contributed by atoms with E-state index in [1.165, 1.54) is 0 Å². The van der Waals surface area contributed by atoms with Crippen LogP contribution in [0.5, 0.6) is 0 Å². The third-order valence-electron chi connectivity index (χ3n) is 2.49. The molecule has 0 saturated heterocycles. The van der Waals surface area contributed by atoms with Crippen molar-refractivity contribution in [3.63, 3.8) is 0 Å². The molecule has 2 aromatic rings. The smallest absolute Gasteiger partial charge is 0.408 e. The first-order valence-electron chi connectivity index (χ1n) is 5.48. The van der Waals surface area contributed by atoms with Crippen LogP contribution in [0.25, 0.3) is 11.1 Å². The minimum absolute atomic E-state index is 0.270. The van der Waals surface area contributed by atoms with E-state index in [-0.39, 0.29) is 5.54 Å². The second-order valence-electron chi connectivity index (χ2n) is 5.04. The Morgan fingerprint density at radius 3 is 2.82 bits per heavy atom. The van der Waals surface area contributed by atoms with Gasteiger partial charge in [-0.15, -0.1) is 0 Å². The number of hydrogen-bond donors (Lipinski definition) is 2. The Hall–Kier alpha value is -1.75. The Balaban J connectivity index is 2.32. The molecule has 0 amide bonds. The van der Waals surface area contributed by atoms with Crippen molar-refractivity contribution in [2.75, 3.05) is 18.5 Å². The van der Waals surface area contributed by atoms with E-state index >= 15 is 0 Å². The van der Waals surface area contributed by atoms with Gasteiger partial charge in [0.15, 0.2) is 5.58 Å². The molecule has 0 spiro atoms. The van der Waals surface area contributed by atoms with Crippen molar-refractivity contribution < 1.29 is 4.42 Å². The summed E-state index contributed by atoms with van der Waals surface area (Å²) in [6, 6.07) is 5.57. The summed E-state index contributed by atoms with van der Waals surface area (Å²) in [6.07, 6.45) is 0. The number of likely N-dealkylation sites (N-methyl/N-ethyl adjacent to an activating group) is 1. The number of aromatic nitrogens is 1. The zero-order valence-corrected chi connectivity index (χ0v) is 10.3. The Morgan fingerprint density at radius 1 is 1.47 bits per heavy atom. The fraction of sp³-hybridized carbons (Fsp3) is 0.417. The number of aromatic amines is 1. The van der Waals surface area contributed by atoms with Crippen molar-refractivity contribution in [2.45, 2.75) is 19.4 Å². The summed E-state index contributed by atoms with van der Waals surface area (Å²) in [6.45, 7) is 4.67. The molecule has 0 bridgehead atoms. The van der Waals surface area contributed by atoms with Crippen LogP contribution in [-0.4, -0.2) is 24.1 Å². The first-order valence-corrected chi connectivity index (χ1v) is 5.48. The number of nitrogens with two attached hydrogens (primary N) is 1. The van der Waals surface area contributed by atoms with Crippen molar-refractivity contribution in [1.82, 2.24) is 4.98 Å². The minimum atomic E-state index is -0.432. The fourth-order valence-corrected chi connectivity index (χ4v) is 1.88. The number of anilines is 1. The Labute approximate surface area is 99.2 Å². The van der Waals surface area contributed by atoms with Gasteiger partial charge in [0.1, 0.15) is 0 Å². The van der Waals surface area contributed by atoms with Crippen molar-refractivity contribution in [3.8, 4) is 0 Å². The lowest BCUT2D eigenvalue weighted by Gasteiger charge is -2.28. The quantitative estimate of drug-likeness (QED) is 0.840. The summed E-state index contributed by atoms with van der Waals surface area (Å²) in [5.74, 6) is -0.432. The van der Waals surface area contributed by atoms with Gasteiger partial charge in [0.2, 0.25) is 0 Å². The molecule has 0 unspecified atom stereocenters. The van der Waals surface area contributed by atoms with Crippen LogP contribution in [0.15, 0.2) is 27.4 Å². The van der Waals surface area contributed by atoms with Gasteiger partial charge in [-0.05, 0) is 32.0 Å². The lowest BCUT2D eigenvalue weighted by molar-refractivity contribution is 0.519. The summed E-state index contributed by atoms with van der Waals surface area (Å²) in [7, 11) is 1.97. The third-order valence-corrected chi connectivity index (χ3v) is 2.49. The molecule has 17 heavy (non-hydrogen) atoms. The van der Waals surface area contributed by atoms with Crippen molar-refractivity contribution in [3.05, 3.63) is 28.7 Å². The van der Waals surface area contributed by atoms with E-state index in [0.29, 0.717) is 11.1 Å². The molecule has 0 aliphatic heterocycles. The normalized spacial score (nSPS) is 12.0. The zero-order chi connectivity index (χ0) is 12.6. The van der Waals surface area contributed by atoms with Crippen LogP contribution in [0.2, 0.25) is 0 Å². The van der Waals surface area contributed by atoms with Crippen LogP contribution in [0.1, 0.15) is 13.8 Å². The third kappa shape index (κ3) is 2.68. The number of nitrogens with zero attached hydrogens (tertiary/aromatic N) is 1. The predicted molar refractivity (Wildman–Crippen MR) is 68.4 cm³/mol. The second-order valence-corrected chi connectivity index (χ2v) is 5.04. The molecule has 3 N–H and O–H groups in total. The highest BCUT2D eigenvalue weighted by Crippen LogP contribution is 2.20. The van der Waals surface area contributed by atoms with Crippen molar-refractivity contribution in [1.29, 1.82) is 0 Å². The van der Waals surface area contributed by atoms with E-state index in [4.69, 9.17) is 10.2 Å². The molecule has 0 radical (unpaired) electrons. The van der Waals surface area contributed by atoms with Gasteiger partial charge in [0, 0.05) is 24.8 Å². The summed E-state index contributed by atoms with van der Waals surface area (Å²) >= 11 is 0. The Bertz CT molecular complexity index is 577. The van der Waals surface area contributed by atoms with Gasteiger partial charge in [-0.3, -0.25) is 4.98 Å². The fourth-order valence-electron chi connectivity index (χ4n) is 1.88. The Kier molecular flexibility index (Phi) is 2.71. The predicted octanol–water partition coefficient (Wildman–Crippen LogP) is 1.29. The van der Waals surface area contributed by atoms with Crippen molar-refractivity contribution in [2.24, 2.45) is 5.73 Å². The van der Waals surface area contributed by atoms with Gasteiger partial charge in [0.25, 0.3) is 0 Å². The lowest BCUT2D eigenvalue weighted by Crippen LogP contribution is -2.44. The average Bonchev–Trinajstić information content (AvgIpc) is 2.53. The maximum absolute atomic E-state index is 11.0. The second kappa shape index (κ2) is 3.92. The molecule has 0 saturated carbocycles. The van der Waals surface area contributed by atoms with Crippen LogP contribution in [0.3, 0.4) is 0 Å². The highest BCUT2D eigenvalue weighted by Gasteiger charge is 2.15. The maximum Gasteiger partial charge on any atom is 0.417 e. The molecule has 1 heterocycles. The molecule has 2 rings (SSSR count). The van der Waals surface area contributed by atoms with E-state index in [0.717, 1.165) is 12.2 Å². The van der Waals surface area contributed by atoms with Crippen LogP contribution in [-0.2, 0) is 0 Å². The van der Waals surface area contributed by atoms with Gasteiger partial charge in [-0.25, -0.2) is 4.79 Å². The molecule has 0 aliphatic rings. The molecule has 0 aliphatic carbocycles. The van der Waals surface area contributed by atoms with Crippen LogP contribution in [0.4, 0.5) is 5.69 Å². The zero-order valence-electron chi connectivity index (χ0n) is 10.3. The number of benzene rings is 1. The average molecular weight is 235 g/mol. The molecule has 5 nitrogen and oxygen atoms in total. The first kappa shape index (κ1) is 11.7. The molecular formula is C12H17N3O2. The molecule has 0 atom stereocenters. The van der Waals surface area contributed by atoms with Crippen LogP contribution < -0.4 is 16.4 Å². The highest BCUT2D eigenvalue weighted by atomic mass is 16.4. The molecule has 92 valence electrons. The molecule has 1 aromatic heterocycles. The summed E-state index contributed by atoms with van der Waals surface area (Å²) in [5.41, 5.74) is 7.97.